The highest BCUT2D eigenvalue weighted by molar-refractivity contribution is 8.00. The van der Waals surface area contributed by atoms with Crippen molar-refractivity contribution >= 4 is 17.7 Å². The molecule has 0 fully saturated rings. The van der Waals surface area contributed by atoms with Crippen molar-refractivity contribution in [1.82, 2.24) is 5.32 Å². The van der Waals surface area contributed by atoms with E-state index in [0.29, 0.717) is 6.54 Å². The highest BCUT2D eigenvalue weighted by atomic mass is 32.2. The summed E-state index contributed by atoms with van der Waals surface area (Å²) in [6, 6.07) is 16.2. The first-order chi connectivity index (χ1) is 11.1. The van der Waals surface area contributed by atoms with Crippen molar-refractivity contribution in [2.75, 3.05) is 13.7 Å². The van der Waals surface area contributed by atoms with Crippen molar-refractivity contribution in [3.8, 4) is 5.75 Å². The van der Waals surface area contributed by atoms with Crippen molar-refractivity contribution in [3.63, 3.8) is 0 Å². The molecule has 1 unspecified atom stereocenters. The maximum atomic E-state index is 12.2. The first kappa shape index (κ1) is 17.4. The van der Waals surface area contributed by atoms with E-state index in [9.17, 15) is 4.79 Å². The second kappa shape index (κ2) is 8.63. The Morgan fingerprint density at radius 1 is 1.13 bits per heavy atom. The van der Waals surface area contributed by atoms with E-state index < -0.39 is 0 Å². The zero-order valence-electron chi connectivity index (χ0n) is 13.8. The number of thioether (sulfide) groups is 1. The summed E-state index contributed by atoms with van der Waals surface area (Å²) in [6.45, 7) is 4.64. The Bertz CT molecular complexity index is 623. The number of ether oxygens (including phenoxy) is 1. The fourth-order valence-electron chi connectivity index (χ4n) is 2.14. The number of benzene rings is 2. The third-order valence-electron chi connectivity index (χ3n) is 3.58. The Kier molecular flexibility index (Phi) is 6.53. The smallest absolute Gasteiger partial charge is 0.233 e. The molecule has 2 aromatic rings. The van der Waals surface area contributed by atoms with E-state index in [2.05, 4.69) is 36.5 Å². The van der Waals surface area contributed by atoms with E-state index in [1.165, 1.54) is 11.1 Å². The van der Waals surface area contributed by atoms with Gasteiger partial charge in [0.25, 0.3) is 0 Å². The highest BCUT2D eigenvalue weighted by Crippen LogP contribution is 2.23. The molecule has 0 radical (unpaired) electrons. The van der Waals surface area contributed by atoms with E-state index in [1.54, 1.807) is 18.9 Å². The number of methoxy groups -OCH3 is 1. The minimum absolute atomic E-state index is 0.0732. The quantitative estimate of drug-likeness (QED) is 0.784. The lowest BCUT2D eigenvalue weighted by Gasteiger charge is -2.12. The van der Waals surface area contributed by atoms with Gasteiger partial charge in [-0.15, -0.1) is 11.8 Å². The van der Waals surface area contributed by atoms with Gasteiger partial charge in [-0.1, -0.05) is 29.8 Å². The first-order valence-electron chi connectivity index (χ1n) is 7.72. The zero-order valence-corrected chi connectivity index (χ0v) is 14.7. The average Bonchev–Trinajstić information content (AvgIpc) is 2.57. The molecule has 0 aromatic heterocycles. The maximum absolute atomic E-state index is 12.2. The van der Waals surface area contributed by atoms with Crippen LogP contribution in [0.2, 0.25) is 0 Å². The number of aryl methyl sites for hydroxylation is 1. The fraction of sp³-hybridized carbons (Fsp3) is 0.316. The van der Waals surface area contributed by atoms with Gasteiger partial charge in [-0.25, -0.2) is 0 Å². The largest absolute Gasteiger partial charge is 0.497 e. The molecule has 122 valence electrons. The van der Waals surface area contributed by atoms with E-state index >= 15 is 0 Å². The van der Waals surface area contributed by atoms with Gasteiger partial charge >= 0.3 is 0 Å². The lowest BCUT2D eigenvalue weighted by molar-refractivity contribution is -0.120. The Morgan fingerprint density at radius 2 is 1.78 bits per heavy atom. The average molecular weight is 329 g/mol. The third-order valence-corrected chi connectivity index (χ3v) is 4.69. The molecule has 0 aliphatic heterocycles. The Hall–Kier alpha value is -1.94. The number of rotatable bonds is 7. The number of carbonyl (C=O) groups excluding carboxylic acids is 1. The zero-order chi connectivity index (χ0) is 16.7. The summed E-state index contributed by atoms with van der Waals surface area (Å²) in [7, 11) is 1.66. The van der Waals surface area contributed by atoms with Crippen LogP contribution in [-0.2, 0) is 11.2 Å². The van der Waals surface area contributed by atoms with Crippen LogP contribution in [0.25, 0.3) is 0 Å². The van der Waals surface area contributed by atoms with Crippen LogP contribution in [0.15, 0.2) is 53.4 Å². The number of carbonyl (C=O) groups is 1. The predicted octanol–water partition coefficient (Wildman–Crippen LogP) is 3.84. The Labute approximate surface area is 142 Å². The summed E-state index contributed by atoms with van der Waals surface area (Å²) in [5, 5.41) is 2.90. The lowest BCUT2D eigenvalue weighted by Crippen LogP contribution is -2.32. The number of amides is 1. The van der Waals surface area contributed by atoms with E-state index in [-0.39, 0.29) is 11.2 Å². The number of hydrogen-bond donors (Lipinski definition) is 1. The van der Waals surface area contributed by atoms with Crippen LogP contribution in [0, 0.1) is 6.92 Å². The predicted molar refractivity (Wildman–Crippen MR) is 96.2 cm³/mol. The molecule has 1 atom stereocenters. The molecule has 2 aromatic carbocycles. The molecule has 1 amide bonds. The van der Waals surface area contributed by atoms with Gasteiger partial charge in [0, 0.05) is 11.4 Å². The van der Waals surface area contributed by atoms with Gasteiger partial charge in [0.15, 0.2) is 0 Å². The molecule has 2 rings (SSSR count). The molecule has 0 saturated carbocycles. The summed E-state index contributed by atoms with van der Waals surface area (Å²) in [6.07, 6.45) is 0.817. The Balaban J connectivity index is 1.75. The Morgan fingerprint density at radius 3 is 2.39 bits per heavy atom. The molecule has 1 N–H and O–H groups in total. The van der Waals surface area contributed by atoms with Crippen LogP contribution in [-0.4, -0.2) is 24.8 Å². The maximum Gasteiger partial charge on any atom is 0.233 e. The van der Waals surface area contributed by atoms with Crippen LogP contribution in [0.1, 0.15) is 18.1 Å². The van der Waals surface area contributed by atoms with E-state index in [0.717, 1.165) is 17.1 Å². The minimum Gasteiger partial charge on any atom is -0.497 e. The summed E-state index contributed by atoms with van der Waals surface area (Å²) in [5.74, 6) is 0.921. The molecule has 4 heteroatoms. The van der Waals surface area contributed by atoms with Crippen molar-refractivity contribution in [2.24, 2.45) is 0 Å². The molecule has 0 aliphatic rings. The van der Waals surface area contributed by atoms with Gasteiger partial charge in [-0.2, -0.15) is 0 Å². The molecule has 0 aliphatic carbocycles. The summed E-state index contributed by atoms with van der Waals surface area (Å²) in [5.41, 5.74) is 2.41. The number of hydrogen-bond acceptors (Lipinski definition) is 3. The molecule has 3 nitrogen and oxygen atoms in total. The molecular weight excluding hydrogens is 306 g/mol. The first-order valence-corrected chi connectivity index (χ1v) is 8.60. The van der Waals surface area contributed by atoms with E-state index in [4.69, 9.17) is 4.74 Å². The second-order valence-corrected chi connectivity index (χ2v) is 6.88. The van der Waals surface area contributed by atoms with Crippen LogP contribution in [0.3, 0.4) is 0 Å². The molecule has 0 bridgehead atoms. The normalized spacial score (nSPS) is 11.8. The third kappa shape index (κ3) is 5.64. The highest BCUT2D eigenvalue weighted by Gasteiger charge is 2.13. The molecule has 0 spiro atoms. The molecular formula is C19H23NO2S. The van der Waals surface area contributed by atoms with Crippen LogP contribution < -0.4 is 10.1 Å². The van der Waals surface area contributed by atoms with Crippen LogP contribution in [0.5, 0.6) is 5.75 Å². The van der Waals surface area contributed by atoms with Gasteiger partial charge < -0.3 is 10.1 Å². The van der Waals surface area contributed by atoms with Crippen molar-refractivity contribution in [3.05, 3.63) is 59.7 Å². The molecule has 23 heavy (non-hydrogen) atoms. The van der Waals surface area contributed by atoms with E-state index in [1.807, 2.05) is 31.2 Å². The summed E-state index contributed by atoms with van der Waals surface area (Å²) >= 11 is 1.58. The van der Waals surface area contributed by atoms with Gasteiger partial charge in [0.2, 0.25) is 5.91 Å². The van der Waals surface area contributed by atoms with Gasteiger partial charge in [-0.05, 0) is 50.1 Å². The van der Waals surface area contributed by atoms with Crippen LogP contribution >= 0.6 is 11.8 Å². The fourth-order valence-corrected chi connectivity index (χ4v) is 3.03. The molecule has 0 saturated heterocycles. The topological polar surface area (TPSA) is 38.3 Å². The second-order valence-electron chi connectivity index (χ2n) is 5.46. The van der Waals surface area contributed by atoms with Gasteiger partial charge in [-0.3, -0.25) is 4.79 Å². The summed E-state index contributed by atoms with van der Waals surface area (Å²) in [4.78, 5) is 13.3. The van der Waals surface area contributed by atoms with Crippen molar-refractivity contribution in [2.45, 2.75) is 30.4 Å². The molecule has 0 heterocycles. The monoisotopic (exact) mass is 329 g/mol. The SMILES string of the molecule is COc1ccc(CCNC(=O)C(C)Sc2ccc(C)cc2)cc1. The van der Waals surface area contributed by atoms with Crippen LogP contribution in [0.4, 0.5) is 0 Å². The van der Waals surface area contributed by atoms with Crippen molar-refractivity contribution in [1.29, 1.82) is 0 Å². The minimum atomic E-state index is -0.103. The number of nitrogens with one attached hydrogen (secondary N) is 1. The lowest BCUT2D eigenvalue weighted by atomic mass is 10.1. The van der Waals surface area contributed by atoms with Crippen molar-refractivity contribution < 1.29 is 9.53 Å². The van der Waals surface area contributed by atoms with Gasteiger partial charge in [0.05, 0.1) is 12.4 Å². The standard InChI is InChI=1S/C19H23NO2S/c1-14-4-10-18(11-5-14)23-15(2)19(21)20-13-12-16-6-8-17(22-3)9-7-16/h4-11,15H,12-13H2,1-3H3,(H,20,21). The summed E-state index contributed by atoms with van der Waals surface area (Å²) < 4.78 is 5.13. The van der Waals surface area contributed by atoms with Gasteiger partial charge in [0.1, 0.15) is 5.75 Å².